The molecule has 1 heterocycles. The number of rotatable bonds is 1. The largest absolute Gasteiger partial charge is 0.350 e. The van der Waals surface area contributed by atoms with Gasteiger partial charge in [0.25, 0.3) is 5.91 Å². The Hall–Kier alpha value is -1.36. The highest BCUT2D eigenvalue weighted by Gasteiger charge is 2.02. The van der Waals surface area contributed by atoms with Crippen LogP contribution in [0.25, 0.3) is 0 Å². The summed E-state index contributed by atoms with van der Waals surface area (Å²) >= 11 is 0. The first-order valence-electron chi connectivity index (χ1n) is 2.34. The van der Waals surface area contributed by atoms with Crippen molar-refractivity contribution in [1.82, 2.24) is 15.4 Å². The third kappa shape index (κ3) is 1.06. The van der Waals surface area contributed by atoms with Crippen LogP contribution in [0.2, 0.25) is 0 Å². The summed E-state index contributed by atoms with van der Waals surface area (Å²) in [5, 5.41) is 0. The van der Waals surface area contributed by atoms with E-state index in [4.69, 9.17) is 5.84 Å². The Balaban J connectivity index is 2.77. The quantitative estimate of drug-likeness (QED) is 0.257. The van der Waals surface area contributed by atoms with Crippen LogP contribution in [0.4, 0.5) is 0 Å². The van der Waals surface area contributed by atoms with Gasteiger partial charge in [-0.3, -0.25) is 10.2 Å². The lowest BCUT2D eigenvalue weighted by Gasteiger charge is -1.89. The van der Waals surface area contributed by atoms with Crippen molar-refractivity contribution in [2.24, 2.45) is 5.84 Å². The van der Waals surface area contributed by atoms with E-state index in [-0.39, 0.29) is 5.69 Å². The minimum Gasteiger partial charge on any atom is -0.350 e. The molecule has 0 bridgehead atoms. The van der Waals surface area contributed by atoms with Gasteiger partial charge in [0.2, 0.25) is 0 Å². The molecule has 0 spiro atoms. The van der Waals surface area contributed by atoms with Crippen LogP contribution in [-0.2, 0) is 0 Å². The van der Waals surface area contributed by atoms with Crippen molar-refractivity contribution in [3.8, 4) is 0 Å². The summed E-state index contributed by atoms with van der Waals surface area (Å²) in [5.74, 6) is 4.42. The highest BCUT2D eigenvalue weighted by Crippen LogP contribution is 1.86. The smallest absolute Gasteiger partial charge is 0.285 e. The third-order valence-electron chi connectivity index (χ3n) is 0.862. The second-order valence-electron chi connectivity index (χ2n) is 1.43. The van der Waals surface area contributed by atoms with Gasteiger partial charge in [-0.15, -0.1) is 0 Å². The number of H-pyrrole nitrogens is 1. The maximum absolute atomic E-state index is 10.6. The minimum atomic E-state index is -0.392. The normalized spacial score (nSPS) is 9.00. The lowest BCUT2D eigenvalue weighted by atomic mass is 10.5. The van der Waals surface area contributed by atoms with Gasteiger partial charge in [0.15, 0.2) is 0 Å². The molecular weight excluding hydrogens is 120 g/mol. The molecule has 0 aliphatic rings. The number of imidazole rings is 1. The molecule has 0 aliphatic carbocycles. The lowest BCUT2D eigenvalue weighted by Crippen LogP contribution is -2.30. The fourth-order valence-corrected chi connectivity index (χ4v) is 0.458. The molecule has 0 unspecified atom stereocenters. The standard InChI is InChI=1S/C4H6N4O/c5-8-4(9)3-1-6-2-7-3/h1-2H,5H2,(H,6,7)(H,8,9). The molecule has 1 rings (SSSR count). The zero-order valence-corrected chi connectivity index (χ0v) is 4.59. The Morgan fingerprint density at radius 1 is 1.89 bits per heavy atom. The van der Waals surface area contributed by atoms with Gasteiger partial charge in [0.1, 0.15) is 5.69 Å². The van der Waals surface area contributed by atoms with Crippen molar-refractivity contribution in [2.75, 3.05) is 0 Å². The summed E-state index contributed by atoms with van der Waals surface area (Å²) in [4.78, 5) is 16.8. The van der Waals surface area contributed by atoms with Gasteiger partial charge >= 0.3 is 0 Å². The van der Waals surface area contributed by atoms with Crippen LogP contribution in [0.3, 0.4) is 0 Å². The fraction of sp³-hybridized carbons (Fsp3) is 0. The molecule has 0 fully saturated rings. The van der Waals surface area contributed by atoms with Crippen molar-refractivity contribution in [2.45, 2.75) is 0 Å². The first kappa shape index (κ1) is 5.77. The van der Waals surface area contributed by atoms with E-state index in [1.165, 1.54) is 12.5 Å². The van der Waals surface area contributed by atoms with Gasteiger partial charge in [0.05, 0.1) is 6.33 Å². The van der Waals surface area contributed by atoms with Gasteiger partial charge in [0, 0.05) is 6.20 Å². The molecule has 5 nitrogen and oxygen atoms in total. The number of hydrazine groups is 1. The molecule has 0 aromatic carbocycles. The minimum absolute atomic E-state index is 0.289. The molecule has 5 heteroatoms. The maximum Gasteiger partial charge on any atom is 0.285 e. The molecule has 4 N–H and O–H groups in total. The van der Waals surface area contributed by atoms with Crippen molar-refractivity contribution in [3.05, 3.63) is 18.2 Å². The number of nitrogens with zero attached hydrogens (tertiary/aromatic N) is 1. The van der Waals surface area contributed by atoms with Gasteiger partial charge in [-0.25, -0.2) is 10.8 Å². The highest BCUT2D eigenvalue weighted by atomic mass is 16.2. The molecule has 1 amide bonds. The van der Waals surface area contributed by atoms with Crippen LogP contribution in [0.15, 0.2) is 12.5 Å². The first-order chi connectivity index (χ1) is 4.34. The fourth-order valence-electron chi connectivity index (χ4n) is 0.458. The third-order valence-corrected chi connectivity index (χ3v) is 0.862. The zero-order valence-electron chi connectivity index (χ0n) is 4.59. The Kier molecular flexibility index (Phi) is 1.46. The van der Waals surface area contributed by atoms with Crippen LogP contribution in [0, 0.1) is 0 Å². The monoisotopic (exact) mass is 126 g/mol. The predicted molar refractivity (Wildman–Crippen MR) is 30.2 cm³/mol. The molecule has 0 saturated heterocycles. The van der Waals surface area contributed by atoms with Crippen LogP contribution < -0.4 is 11.3 Å². The summed E-state index contributed by atoms with van der Waals surface area (Å²) in [6, 6.07) is 0. The van der Waals surface area contributed by atoms with Gasteiger partial charge in [-0.2, -0.15) is 0 Å². The van der Waals surface area contributed by atoms with Crippen LogP contribution in [0.5, 0.6) is 0 Å². The number of carbonyl (C=O) groups is 1. The second kappa shape index (κ2) is 2.27. The Bertz CT molecular complexity index is 192. The van der Waals surface area contributed by atoms with E-state index in [1.807, 2.05) is 5.43 Å². The van der Waals surface area contributed by atoms with Gasteiger partial charge in [-0.1, -0.05) is 0 Å². The molecule has 1 aromatic rings. The molecule has 0 radical (unpaired) electrons. The Morgan fingerprint density at radius 3 is 3.11 bits per heavy atom. The highest BCUT2D eigenvalue weighted by molar-refractivity contribution is 5.91. The number of hydrogen-bond acceptors (Lipinski definition) is 3. The van der Waals surface area contributed by atoms with Crippen molar-refractivity contribution in [3.63, 3.8) is 0 Å². The number of carbonyl (C=O) groups excluding carboxylic acids is 1. The Morgan fingerprint density at radius 2 is 2.67 bits per heavy atom. The van der Waals surface area contributed by atoms with E-state index in [9.17, 15) is 4.79 Å². The number of nitrogens with one attached hydrogen (secondary N) is 2. The average molecular weight is 126 g/mol. The molecule has 0 aliphatic heterocycles. The molecule has 0 atom stereocenters. The molecule has 48 valence electrons. The van der Waals surface area contributed by atoms with Crippen molar-refractivity contribution in [1.29, 1.82) is 0 Å². The maximum atomic E-state index is 10.6. The SMILES string of the molecule is NNC(=O)c1c[nH]cn1. The summed E-state index contributed by atoms with van der Waals surface area (Å²) in [5.41, 5.74) is 2.24. The van der Waals surface area contributed by atoms with Gasteiger partial charge < -0.3 is 4.98 Å². The predicted octanol–water partition coefficient (Wildman–Crippen LogP) is -0.987. The molecular formula is C4H6N4O. The molecule has 0 saturated carbocycles. The van der Waals surface area contributed by atoms with E-state index >= 15 is 0 Å². The van der Waals surface area contributed by atoms with Crippen molar-refractivity contribution >= 4 is 5.91 Å². The van der Waals surface area contributed by atoms with E-state index in [1.54, 1.807) is 0 Å². The second-order valence-corrected chi connectivity index (χ2v) is 1.43. The topological polar surface area (TPSA) is 83.8 Å². The number of nitrogen functional groups attached to an aromatic ring is 1. The number of hydrogen-bond donors (Lipinski definition) is 3. The summed E-state index contributed by atoms with van der Waals surface area (Å²) < 4.78 is 0. The number of aromatic amines is 1. The van der Waals surface area contributed by atoms with Crippen LogP contribution in [0.1, 0.15) is 10.5 Å². The summed E-state index contributed by atoms with van der Waals surface area (Å²) in [6.45, 7) is 0. The summed E-state index contributed by atoms with van der Waals surface area (Å²) in [7, 11) is 0. The first-order valence-corrected chi connectivity index (χ1v) is 2.34. The lowest BCUT2D eigenvalue weighted by molar-refractivity contribution is 0.0949. The van der Waals surface area contributed by atoms with E-state index in [2.05, 4.69) is 9.97 Å². The summed E-state index contributed by atoms with van der Waals surface area (Å²) in [6.07, 6.45) is 2.87. The van der Waals surface area contributed by atoms with E-state index < -0.39 is 5.91 Å². The van der Waals surface area contributed by atoms with Crippen molar-refractivity contribution < 1.29 is 4.79 Å². The van der Waals surface area contributed by atoms with Crippen LogP contribution >= 0.6 is 0 Å². The Labute approximate surface area is 51.2 Å². The molecule has 1 aromatic heterocycles. The number of aromatic nitrogens is 2. The van der Waals surface area contributed by atoms with Gasteiger partial charge in [-0.05, 0) is 0 Å². The number of amides is 1. The average Bonchev–Trinajstić information content (AvgIpc) is 2.37. The molecule has 9 heavy (non-hydrogen) atoms. The van der Waals surface area contributed by atoms with Crippen LogP contribution in [-0.4, -0.2) is 15.9 Å². The zero-order chi connectivity index (χ0) is 6.69. The van der Waals surface area contributed by atoms with E-state index in [0.29, 0.717) is 0 Å². The van der Waals surface area contributed by atoms with E-state index in [0.717, 1.165) is 0 Å². The number of nitrogens with two attached hydrogens (primary N) is 1.